The lowest BCUT2D eigenvalue weighted by Crippen LogP contribution is -2.67. The van der Waals surface area contributed by atoms with Crippen molar-refractivity contribution in [2.75, 3.05) is 13.8 Å². The molecule has 1 aliphatic carbocycles. The maximum absolute atomic E-state index is 14.9. The molecule has 0 bridgehead atoms. The third-order valence-corrected chi connectivity index (χ3v) is 11.4. The number of rotatable bonds is 5. The second-order valence-corrected chi connectivity index (χ2v) is 14.1. The third-order valence-electron chi connectivity index (χ3n) is 8.79. The highest BCUT2D eigenvalue weighted by Crippen LogP contribution is 2.66. The quantitative estimate of drug-likeness (QED) is 0.358. The number of fused-ring (bicyclic) bond motifs is 2. The largest absolute Gasteiger partial charge is 0.454 e. The second kappa shape index (κ2) is 10.6. The van der Waals surface area contributed by atoms with Gasteiger partial charge in [-0.3, -0.25) is 19.2 Å². The molecule has 10 heteroatoms. The number of nitriles is 1. The van der Waals surface area contributed by atoms with Crippen LogP contribution < -0.4 is 9.47 Å². The Kier molecular flexibility index (Phi) is 7.14. The first-order chi connectivity index (χ1) is 20.5. The lowest BCUT2D eigenvalue weighted by molar-refractivity contribution is -0.151. The summed E-state index contributed by atoms with van der Waals surface area (Å²) in [6.07, 6.45) is -0.0359. The number of hydrogen-bond acceptors (Lipinski definition) is 9. The van der Waals surface area contributed by atoms with E-state index in [1.54, 1.807) is 92.7 Å². The maximum Gasteiger partial charge on any atom is 0.241 e. The lowest BCUT2D eigenvalue weighted by Gasteiger charge is -2.50. The standard InChI is InChI=1S/C33H28N2O6S2/c1-31(18-34)17-33(43-29(38)21-12-8-5-9-13-21)26(25(31)22-14-15-23-24(16-22)41-19-40-23)27(36)32(2,35(3)30(33)39)42-28(37)20-10-6-4-7-11-20/h4-16,25-26H,17,19H2,1-3H3/t25-,26?,31-,32+,33+/m1/s1. The smallest absolute Gasteiger partial charge is 0.241 e. The first kappa shape index (κ1) is 29.0. The topological polar surface area (TPSA) is 114 Å². The molecule has 0 N–H and O–H groups in total. The van der Waals surface area contributed by atoms with Crippen molar-refractivity contribution in [2.45, 2.75) is 35.8 Å². The molecule has 1 unspecified atom stereocenters. The first-order valence-electron chi connectivity index (χ1n) is 13.7. The SMILES string of the molecule is CN1C(=O)[C@]2(SC(=O)c3ccccc3)C[C@](C)(C#N)[C@H](c3ccc4c(c3)OCO4)C2C(=O)[C@]1(C)SC(=O)c1ccccc1. The van der Waals surface area contributed by atoms with E-state index >= 15 is 0 Å². The number of hydrogen-bond donors (Lipinski definition) is 0. The van der Waals surface area contributed by atoms with Crippen LogP contribution in [0.25, 0.3) is 0 Å². The van der Waals surface area contributed by atoms with Crippen LogP contribution in [0.4, 0.5) is 0 Å². The molecule has 218 valence electrons. The molecule has 8 nitrogen and oxygen atoms in total. The van der Waals surface area contributed by atoms with E-state index in [9.17, 15) is 24.4 Å². The van der Waals surface area contributed by atoms with Gasteiger partial charge < -0.3 is 14.4 Å². The number of carbonyl (C=O) groups is 4. The Morgan fingerprint density at radius 2 is 1.44 bits per heavy atom. The van der Waals surface area contributed by atoms with Gasteiger partial charge in [0.25, 0.3) is 0 Å². The monoisotopic (exact) mass is 612 g/mol. The average molecular weight is 613 g/mol. The fourth-order valence-corrected chi connectivity index (χ4v) is 9.17. The van der Waals surface area contributed by atoms with E-state index in [0.29, 0.717) is 28.2 Å². The van der Waals surface area contributed by atoms with Crippen LogP contribution >= 0.6 is 23.5 Å². The number of amides is 1. The van der Waals surface area contributed by atoms with E-state index in [4.69, 9.17) is 9.47 Å². The van der Waals surface area contributed by atoms with Crippen LogP contribution in [0.1, 0.15) is 52.5 Å². The Hall–Kier alpha value is -4.07. The molecule has 5 atom stereocenters. The molecule has 3 aromatic rings. The number of Topliss-reactive ketones (excluding diaryl/α,β-unsaturated/α-hetero) is 1. The molecular formula is C33H28N2O6S2. The highest BCUT2D eigenvalue weighted by Gasteiger charge is 2.73. The van der Waals surface area contributed by atoms with Crippen LogP contribution in [0.15, 0.2) is 78.9 Å². The number of ketones is 1. The number of likely N-dealkylation sites (tertiary alicyclic amines) is 1. The molecule has 1 amide bonds. The molecule has 43 heavy (non-hydrogen) atoms. The molecule has 2 aliphatic heterocycles. The second-order valence-electron chi connectivity index (χ2n) is 11.4. The Morgan fingerprint density at radius 1 is 0.860 bits per heavy atom. The lowest BCUT2D eigenvalue weighted by atomic mass is 9.70. The third kappa shape index (κ3) is 4.53. The normalized spacial score (nSPS) is 29.2. The minimum absolute atomic E-state index is 0.0359. The zero-order valence-electron chi connectivity index (χ0n) is 23.7. The summed E-state index contributed by atoms with van der Waals surface area (Å²) in [6, 6.07) is 24.8. The van der Waals surface area contributed by atoms with E-state index < -0.39 is 32.8 Å². The van der Waals surface area contributed by atoms with E-state index in [0.717, 1.165) is 23.5 Å². The molecule has 0 aromatic heterocycles. The van der Waals surface area contributed by atoms with E-state index in [2.05, 4.69) is 6.07 Å². The Balaban J connectivity index is 1.51. The Bertz CT molecular complexity index is 1690. The molecule has 0 radical (unpaired) electrons. The molecule has 1 saturated carbocycles. The molecule has 2 fully saturated rings. The average Bonchev–Trinajstić information content (AvgIpc) is 3.60. The molecule has 3 aromatic carbocycles. The predicted octanol–water partition coefficient (Wildman–Crippen LogP) is 5.69. The highest BCUT2D eigenvalue weighted by molar-refractivity contribution is 8.16. The first-order valence-corrected chi connectivity index (χ1v) is 15.4. The van der Waals surface area contributed by atoms with Gasteiger partial charge in [-0.05, 0) is 49.7 Å². The van der Waals surface area contributed by atoms with Crippen molar-refractivity contribution in [3.05, 3.63) is 95.6 Å². The Morgan fingerprint density at radius 3 is 2.05 bits per heavy atom. The highest BCUT2D eigenvalue weighted by atomic mass is 32.2. The zero-order valence-corrected chi connectivity index (χ0v) is 25.4. The van der Waals surface area contributed by atoms with Gasteiger partial charge in [0.15, 0.2) is 22.2 Å². The van der Waals surface area contributed by atoms with Crippen LogP contribution in [-0.4, -0.2) is 50.3 Å². The van der Waals surface area contributed by atoms with Crippen LogP contribution in [0, 0.1) is 22.7 Å². The number of piperidine rings is 1. The van der Waals surface area contributed by atoms with Crippen LogP contribution in [-0.2, 0) is 9.59 Å². The number of carbonyl (C=O) groups excluding carboxylic acids is 4. The van der Waals surface area contributed by atoms with Crippen molar-refractivity contribution >= 4 is 45.4 Å². The van der Waals surface area contributed by atoms with Gasteiger partial charge in [0.05, 0.1) is 17.4 Å². The molecule has 0 spiro atoms. The van der Waals surface area contributed by atoms with Gasteiger partial charge >= 0.3 is 0 Å². The molecule has 6 rings (SSSR count). The summed E-state index contributed by atoms with van der Waals surface area (Å²) in [6.45, 7) is 3.35. The Labute approximate surface area is 257 Å². The number of ether oxygens (including phenoxy) is 2. The van der Waals surface area contributed by atoms with E-state index in [1.807, 2.05) is 0 Å². The zero-order chi connectivity index (χ0) is 30.6. The molecule has 1 saturated heterocycles. The molecule has 2 heterocycles. The molecular weight excluding hydrogens is 585 g/mol. The number of thioether (sulfide) groups is 2. The summed E-state index contributed by atoms with van der Waals surface area (Å²) < 4.78 is 9.52. The van der Waals surface area contributed by atoms with E-state index in [1.165, 1.54) is 11.9 Å². The predicted molar refractivity (Wildman–Crippen MR) is 163 cm³/mol. The van der Waals surface area contributed by atoms with Crippen LogP contribution in [0.5, 0.6) is 11.5 Å². The van der Waals surface area contributed by atoms with Crippen LogP contribution in [0.3, 0.4) is 0 Å². The summed E-state index contributed by atoms with van der Waals surface area (Å²) in [7, 11) is 1.49. The van der Waals surface area contributed by atoms with Crippen molar-refractivity contribution in [3.63, 3.8) is 0 Å². The van der Waals surface area contributed by atoms with Gasteiger partial charge in [0.1, 0.15) is 4.75 Å². The van der Waals surface area contributed by atoms with Crippen molar-refractivity contribution in [2.24, 2.45) is 11.3 Å². The summed E-state index contributed by atoms with van der Waals surface area (Å²) in [5.41, 5.74) is 0.193. The minimum Gasteiger partial charge on any atom is -0.454 e. The van der Waals surface area contributed by atoms with Gasteiger partial charge in [-0.2, -0.15) is 5.26 Å². The minimum atomic E-state index is -1.59. The number of likely N-dealkylation sites (N-methyl/N-ethyl adjacent to an activating group) is 1. The summed E-state index contributed by atoms with van der Waals surface area (Å²) in [5.74, 6) is -1.71. The fourth-order valence-electron chi connectivity index (χ4n) is 6.56. The van der Waals surface area contributed by atoms with Gasteiger partial charge in [-0.25, -0.2) is 0 Å². The summed E-state index contributed by atoms with van der Waals surface area (Å²) in [4.78, 5) is 56.5. The van der Waals surface area contributed by atoms with Crippen molar-refractivity contribution in [3.8, 4) is 17.6 Å². The van der Waals surface area contributed by atoms with Gasteiger partial charge in [-0.1, -0.05) is 78.5 Å². The number of benzene rings is 3. The maximum atomic E-state index is 14.9. The van der Waals surface area contributed by atoms with Crippen LogP contribution in [0.2, 0.25) is 0 Å². The van der Waals surface area contributed by atoms with E-state index in [-0.39, 0.29) is 29.2 Å². The van der Waals surface area contributed by atoms with Crippen molar-refractivity contribution in [1.82, 2.24) is 4.90 Å². The van der Waals surface area contributed by atoms with Gasteiger partial charge in [0, 0.05) is 24.1 Å². The fraction of sp³-hybridized carbons (Fsp3) is 0.303. The summed E-state index contributed by atoms with van der Waals surface area (Å²) >= 11 is 1.59. The van der Waals surface area contributed by atoms with Crippen molar-refractivity contribution < 1.29 is 28.7 Å². The molecule has 3 aliphatic rings. The van der Waals surface area contributed by atoms with Crippen molar-refractivity contribution in [1.29, 1.82) is 5.26 Å². The summed E-state index contributed by atoms with van der Waals surface area (Å²) in [5, 5.41) is 9.89. The van der Waals surface area contributed by atoms with Gasteiger partial charge in [-0.15, -0.1) is 0 Å². The number of nitrogens with zero attached hydrogens (tertiary/aromatic N) is 2. The van der Waals surface area contributed by atoms with Gasteiger partial charge in [0.2, 0.25) is 22.9 Å².